The lowest BCUT2D eigenvalue weighted by molar-refractivity contribution is -0.138. The lowest BCUT2D eigenvalue weighted by Gasteiger charge is -2.31. The summed E-state index contributed by atoms with van der Waals surface area (Å²) in [4.78, 5) is 23.4. The fourth-order valence-electron chi connectivity index (χ4n) is 7.06. The number of fused-ring (bicyclic) bond motifs is 6. The maximum absolute atomic E-state index is 11.8. The first-order chi connectivity index (χ1) is 17.5. The second kappa shape index (κ2) is 9.99. The lowest BCUT2D eigenvalue weighted by Crippen LogP contribution is -2.37. The molecule has 6 aliphatic rings. The maximum atomic E-state index is 11.8. The number of epoxide rings is 2. The molecule has 200 valence electrons. The summed E-state index contributed by atoms with van der Waals surface area (Å²) in [6.45, 7) is 3.40. The summed E-state index contributed by atoms with van der Waals surface area (Å²) in [5.74, 6) is 0.175. The maximum Gasteiger partial charge on any atom is 0.337 e. The molecule has 0 aromatic carbocycles. The number of methoxy groups -OCH3 is 2. The summed E-state index contributed by atoms with van der Waals surface area (Å²) in [7, 11) is 2.79. The lowest BCUT2D eigenvalue weighted by atomic mass is 9.81. The number of aliphatic hydroxyl groups excluding tert-OH is 1. The van der Waals surface area contributed by atoms with Crippen molar-refractivity contribution in [3.05, 3.63) is 23.7 Å². The minimum absolute atomic E-state index is 0.00333. The first-order valence-corrected chi connectivity index (χ1v) is 13.2. The molecule has 1 N–H and O–H groups in total. The van der Waals surface area contributed by atoms with Gasteiger partial charge in [-0.2, -0.15) is 0 Å². The van der Waals surface area contributed by atoms with Crippen molar-refractivity contribution in [3.8, 4) is 0 Å². The average molecular weight is 507 g/mol. The Morgan fingerprint density at radius 3 is 1.94 bits per heavy atom. The van der Waals surface area contributed by atoms with E-state index in [1.165, 1.54) is 46.2 Å². The molecule has 6 rings (SSSR count). The van der Waals surface area contributed by atoms with Crippen LogP contribution in [-0.2, 0) is 38.0 Å². The SMILES string of the molecule is CCCCCCC12OC1CC1C(C(=O)OC)=COCC12.COC(=O)C1=COCC2C1CC1OC12CO. The number of hydrogen-bond donors (Lipinski definition) is 1. The fraction of sp³-hybridized carbons (Fsp3) is 0.778. The van der Waals surface area contributed by atoms with Gasteiger partial charge in [0.25, 0.3) is 0 Å². The fourth-order valence-corrected chi connectivity index (χ4v) is 7.06. The molecule has 0 radical (unpaired) electrons. The van der Waals surface area contributed by atoms with Crippen molar-refractivity contribution in [1.29, 1.82) is 0 Å². The van der Waals surface area contributed by atoms with Crippen molar-refractivity contribution >= 4 is 11.9 Å². The van der Waals surface area contributed by atoms with Crippen LogP contribution in [0.5, 0.6) is 0 Å². The van der Waals surface area contributed by atoms with E-state index < -0.39 is 5.60 Å². The van der Waals surface area contributed by atoms with E-state index in [1.54, 1.807) is 6.26 Å². The minimum Gasteiger partial charge on any atom is -0.500 e. The van der Waals surface area contributed by atoms with E-state index in [4.69, 9.17) is 28.4 Å². The van der Waals surface area contributed by atoms with Crippen LogP contribution in [0.1, 0.15) is 51.9 Å². The molecule has 9 nitrogen and oxygen atoms in total. The number of ether oxygens (including phenoxy) is 6. The Morgan fingerprint density at radius 1 is 0.889 bits per heavy atom. The van der Waals surface area contributed by atoms with Gasteiger partial charge in [-0.3, -0.25) is 0 Å². The van der Waals surface area contributed by atoms with E-state index in [1.807, 2.05) is 0 Å². The molecule has 0 aromatic rings. The van der Waals surface area contributed by atoms with Crippen LogP contribution in [0.3, 0.4) is 0 Å². The van der Waals surface area contributed by atoms with Crippen LogP contribution in [0, 0.1) is 23.7 Å². The number of esters is 2. The highest BCUT2D eigenvalue weighted by atomic mass is 16.6. The highest BCUT2D eigenvalue weighted by Gasteiger charge is 2.71. The van der Waals surface area contributed by atoms with Gasteiger partial charge in [0.15, 0.2) is 0 Å². The third-order valence-corrected chi connectivity index (χ3v) is 9.14. The van der Waals surface area contributed by atoms with Gasteiger partial charge in [-0.05, 0) is 19.3 Å². The standard InChI is InChI=1S/C16H24O4.C11H14O5/c1-3-4-5-6-7-16-13-10-19-9-12(15(17)18-2)11(13)8-14(16)20-16;1-14-10(13)7-3-15-4-8-6(7)2-9-11(8,5-12)16-9/h9,11,13-14H,3-8,10H2,1-2H3;3,6,8-9,12H,2,4-5H2,1H3. The molecule has 36 heavy (non-hydrogen) atoms. The predicted molar refractivity (Wildman–Crippen MR) is 126 cm³/mol. The molecular weight excluding hydrogens is 468 g/mol. The molecule has 2 saturated heterocycles. The summed E-state index contributed by atoms with van der Waals surface area (Å²) in [6, 6.07) is 0. The second-order valence-corrected chi connectivity index (χ2v) is 10.8. The molecule has 0 aromatic heterocycles. The van der Waals surface area contributed by atoms with Gasteiger partial charge in [0, 0.05) is 23.7 Å². The largest absolute Gasteiger partial charge is 0.500 e. The van der Waals surface area contributed by atoms with Crippen molar-refractivity contribution in [3.63, 3.8) is 0 Å². The molecule has 8 unspecified atom stereocenters. The highest BCUT2D eigenvalue weighted by molar-refractivity contribution is 5.89. The van der Waals surface area contributed by atoms with Crippen LogP contribution in [0.15, 0.2) is 23.7 Å². The zero-order valence-electron chi connectivity index (χ0n) is 21.4. The Bertz CT molecular complexity index is 924. The van der Waals surface area contributed by atoms with Gasteiger partial charge in [-0.25, -0.2) is 9.59 Å². The molecule has 0 amide bonds. The summed E-state index contributed by atoms with van der Waals surface area (Å²) in [5.41, 5.74) is 0.805. The number of unbranched alkanes of at least 4 members (excludes halogenated alkanes) is 3. The Hall–Kier alpha value is -2.10. The van der Waals surface area contributed by atoms with Crippen LogP contribution in [-0.4, -0.2) is 74.5 Å². The first-order valence-electron chi connectivity index (χ1n) is 13.2. The summed E-state index contributed by atoms with van der Waals surface area (Å²) in [5, 5.41) is 9.37. The summed E-state index contributed by atoms with van der Waals surface area (Å²) >= 11 is 0. The van der Waals surface area contributed by atoms with Gasteiger partial charge in [-0.15, -0.1) is 0 Å². The van der Waals surface area contributed by atoms with Crippen molar-refractivity contribution < 1.29 is 43.1 Å². The van der Waals surface area contributed by atoms with Crippen molar-refractivity contribution in [2.24, 2.45) is 23.7 Å². The van der Waals surface area contributed by atoms with E-state index in [9.17, 15) is 14.7 Å². The van der Waals surface area contributed by atoms with Gasteiger partial charge in [-0.1, -0.05) is 32.6 Å². The van der Waals surface area contributed by atoms with Crippen molar-refractivity contribution in [1.82, 2.24) is 0 Å². The van der Waals surface area contributed by atoms with E-state index in [-0.39, 0.29) is 48.0 Å². The normalized spacial score (nSPS) is 40.3. The van der Waals surface area contributed by atoms with Crippen LogP contribution >= 0.6 is 0 Å². The zero-order chi connectivity index (χ0) is 25.5. The molecule has 8 atom stereocenters. The number of aliphatic hydroxyl groups is 1. The molecule has 0 spiro atoms. The Morgan fingerprint density at radius 2 is 1.42 bits per heavy atom. The van der Waals surface area contributed by atoms with Crippen LogP contribution < -0.4 is 0 Å². The van der Waals surface area contributed by atoms with Gasteiger partial charge in [0.05, 0.1) is 69.9 Å². The molecule has 0 bridgehead atoms. The molecule has 4 aliphatic heterocycles. The minimum atomic E-state index is -0.460. The topological polar surface area (TPSA) is 116 Å². The third-order valence-electron chi connectivity index (χ3n) is 9.14. The average Bonchev–Trinajstić information content (AvgIpc) is 3.75. The van der Waals surface area contributed by atoms with Crippen molar-refractivity contribution in [2.45, 2.75) is 75.3 Å². The number of hydrogen-bond acceptors (Lipinski definition) is 9. The number of carbonyl (C=O) groups excluding carboxylic acids is 2. The van der Waals surface area contributed by atoms with E-state index >= 15 is 0 Å². The van der Waals surface area contributed by atoms with E-state index in [0.29, 0.717) is 36.4 Å². The molecule has 2 aliphatic carbocycles. The zero-order valence-corrected chi connectivity index (χ0v) is 21.4. The van der Waals surface area contributed by atoms with Gasteiger partial charge in [0.1, 0.15) is 11.2 Å². The Kier molecular flexibility index (Phi) is 7.09. The predicted octanol–water partition coefficient (Wildman–Crippen LogP) is 2.66. The second-order valence-electron chi connectivity index (χ2n) is 10.8. The molecule has 9 heteroatoms. The quantitative estimate of drug-likeness (QED) is 0.301. The van der Waals surface area contributed by atoms with Gasteiger partial charge >= 0.3 is 11.9 Å². The van der Waals surface area contributed by atoms with Crippen LogP contribution in [0.2, 0.25) is 0 Å². The first kappa shape index (κ1) is 25.5. The van der Waals surface area contributed by atoms with E-state index in [0.717, 1.165) is 19.3 Å². The Balaban J connectivity index is 0.000000152. The van der Waals surface area contributed by atoms with E-state index in [2.05, 4.69) is 6.92 Å². The highest BCUT2D eigenvalue weighted by Crippen LogP contribution is 2.62. The Labute approximate surface area is 212 Å². The smallest absolute Gasteiger partial charge is 0.337 e. The summed E-state index contributed by atoms with van der Waals surface area (Å²) < 4.78 is 31.9. The monoisotopic (exact) mass is 506 g/mol. The molecular formula is C27H38O9. The molecule has 2 saturated carbocycles. The molecule has 4 fully saturated rings. The third kappa shape index (κ3) is 4.13. The van der Waals surface area contributed by atoms with Crippen LogP contribution in [0.25, 0.3) is 0 Å². The molecule has 4 heterocycles. The van der Waals surface area contributed by atoms with Crippen molar-refractivity contribution in [2.75, 3.05) is 34.0 Å². The summed E-state index contributed by atoms with van der Waals surface area (Å²) in [6.07, 6.45) is 11.3. The van der Waals surface area contributed by atoms with Gasteiger partial charge in [0.2, 0.25) is 0 Å². The number of rotatable bonds is 8. The number of carbonyl (C=O) groups is 2. The van der Waals surface area contributed by atoms with Crippen LogP contribution in [0.4, 0.5) is 0 Å². The van der Waals surface area contributed by atoms with Gasteiger partial charge < -0.3 is 33.5 Å².